The van der Waals surface area contributed by atoms with Gasteiger partial charge >= 0.3 is 0 Å². The quantitative estimate of drug-likeness (QED) is 0.818. The standard InChI is InChI=1S/C12H11FN4/c13-6-3-7-15-12-9-4-1-2-5-10(9)16-17-11(12)8-14/h1-2,4-5H,3,6-7H2,(H,15,16). The van der Waals surface area contributed by atoms with E-state index in [0.29, 0.717) is 24.2 Å². The Bertz CT molecular complexity index is 562. The van der Waals surface area contributed by atoms with Gasteiger partial charge in [-0.25, -0.2) is 0 Å². The molecule has 0 bridgehead atoms. The van der Waals surface area contributed by atoms with Crippen molar-refractivity contribution in [2.75, 3.05) is 18.5 Å². The highest BCUT2D eigenvalue weighted by Crippen LogP contribution is 2.23. The van der Waals surface area contributed by atoms with Gasteiger partial charge in [0.1, 0.15) is 6.07 Å². The zero-order valence-corrected chi connectivity index (χ0v) is 9.15. The van der Waals surface area contributed by atoms with Crippen LogP contribution in [0.3, 0.4) is 0 Å². The minimum Gasteiger partial charge on any atom is -0.382 e. The maximum Gasteiger partial charge on any atom is 0.186 e. The molecule has 0 atom stereocenters. The number of hydrogen-bond acceptors (Lipinski definition) is 4. The highest BCUT2D eigenvalue weighted by atomic mass is 19.1. The van der Waals surface area contributed by atoms with E-state index in [0.717, 1.165) is 5.39 Å². The third-order valence-corrected chi connectivity index (χ3v) is 2.39. The number of alkyl halides is 1. The molecule has 86 valence electrons. The average molecular weight is 230 g/mol. The predicted molar refractivity (Wildman–Crippen MR) is 63.3 cm³/mol. The third kappa shape index (κ3) is 2.31. The Morgan fingerprint density at radius 2 is 2.12 bits per heavy atom. The van der Waals surface area contributed by atoms with E-state index < -0.39 is 0 Å². The second-order valence-electron chi connectivity index (χ2n) is 3.52. The van der Waals surface area contributed by atoms with Crippen molar-refractivity contribution in [2.24, 2.45) is 0 Å². The topological polar surface area (TPSA) is 61.6 Å². The number of nitrogens with zero attached hydrogens (tertiary/aromatic N) is 3. The average Bonchev–Trinajstić information content (AvgIpc) is 2.39. The van der Waals surface area contributed by atoms with Crippen molar-refractivity contribution >= 4 is 16.6 Å². The fourth-order valence-electron chi connectivity index (χ4n) is 1.59. The molecule has 0 saturated heterocycles. The van der Waals surface area contributed by atoms with Crippen LogP contribution >= 0.6 is 0 Å². The lowest BCUT2D eigenvalue weighted by molar-refractivity contribution is 0.481. The third-order valence-electron chi connectivity index (χ3n) is 2.39. The van der Waals surface area contributed by atoms with Gasteiger partial charge in [-0.1, -0.05) is 18.2 Å². The molecular weight excluding hydrogens is 219 g/mol. The van der Waals surface area contributed by atoms with Crippen LogP contribution in [0.15, 0.2) is 24.3 Å². The lowest BCUT2D eigenvalue weighted by atomic mass is 10.1. The molecule has 0 aliphatic rings. The van der Waals surface area contributed by atoms with Crippen LogP contribution in [0.25, 0.3) is 10.9 Å². The van der Waals surface area contributed by atoms with E-state index in [2.05, 4.69) is 15.5 Å². The Morgan fingerprint density at radius 3 is 2.88 bits per heavy atom. The molecule has 0 spiro atoms. The molecule has 1 N–H and O–H groups in total. The van der Waals surface area contributed by atoms with Gasteiger partial charge < -0.3 is 5.32 Å². The van der Waals surface area contributed by atoms with Gasteiger partial charge in [0.15, 0.2) is 5.69 Å². The van der Waals surface area contributed by atoms with Gasteiger partial charge in [0.05, 0.1) is 17.9 Å². The Balaban J connectivity index is 2.45. The molecule has 0 unspecified atom stereocenters. The highest BCUT2D eigenvalue weighted by molar-refractivity contribution is 5.92. The van der Waals surface area contributed by atoms with Crippen molar-refractivity contribution in [3.63, 3.8) is 0 Å². The fourth-order valence-corrected chi connectivity index (χ4v) is 1.59. The molecule has 17 heavy (non-hydrogen) atoms. The SMILES string of the molecule is N#Cc1nnc2ccccc2c1NCCCF. The molecule has 0 amide bonds. The van der Waals surface area contributed by atoms with Gasteiger partial charge in [0.2, 0.25) is 0 Å². The van der Waals surface area contributed by atoms with E-state index in [9.17, 15) is 4.39 Å². The van der Waals surface area contributed by atoms with Crippen molar-refractivity contribution < 1.29 is 4.39 Å². The van der Waals surface area contributed by atoms with E-state index in [1.165, 1.54) is 0 Å². The van der Waals surface area contributed by atoms with Gasteiger partial charge in [0, 0.05) is 11.9 Å². The molecule has 5 heteroatoms. The maximum absolute atomic E-state index is 12.1. The molecule has 0 fully saturated rings. The lowest BCUT2D eigenvalue weighted by Crippen LogP contribution is -2.06. The molecule has 0 saturated carbocycles. The van der Waals surface area contributed by atoms with Crippen LogP contribution in [-0.2, 0) is 0 Å². The minimum absolute atomic E-state index is 0.238. The first-order valence-electron chi connectivity index (χ1n) is 5.32. The summed E-state index contributed by atoms with van der Waals surface area (Å²) in [5.41, 5.74) is 1.59. The van der Waals surface area contributed by atoms with Crippen molar-refractivity contribution in [2.45, 2.75) is 6.42 Å². The van der Waals surface area contributed by atoms with E-state index in [1.54, 1.807) is 0 Å². The van der Waals surface area contributed by atoms with Crippen molar-refractivity contribution in [1.29, 1.82) is 5.26 Å². The summed E-state index contributed by atoms with van der Waals surface area (Å²) in [5, 5.41) is 20.6. The van der Waals surface area contributed by atoms with Crippen molar-refractivity contribution in [3.8, 4) is 6.07 Å². The second-order valence-corrected chi connectivity index (χ2v) is 3.52. The first-order valence-corrected chi connectivity index (χ1v) is 5.32. The van der Waals surface area contributed by atoms with Gasteiger partial charge in [-0.2, -0.15) is 5.26 Å². The van der Waals surface area contributed by atoms with Crippen molar-refractivity contribution in [3.05, 3.63) is 30.0 Å². The van der Waals surface area contributed by atoms with Crippen LogP contribution in [0.4, 0.5) is 10.1 Å². The van der Waals surface area contributed by atoms with Gasteiger partial charge in [-0.3, -0.25) is 4.39 Å². The molecule has 0 aliphatic carbocycles. The number of nitriles is 1. The van der Waals surface area contributed by atoms with Crippen LogP contribution in [0.2, 0.25) is 0 Å². The smallest absolute Gasteiger partial charge is 0.186 e. The summed E-state index contributed by atoms with van der Waals surface area (Å²) in [5.74, 6) is 0. The monoisotopic (exact) mass is 230 g/mol. The van der Waals surface area contributed by atoms with Crippen LogP contribution in [0.1, 0.15) is 12.1 Å². The van der Waals surface area contributed by atoms with E-state index in [1.807, 2.05) is 30.3 Å². The van der Waals surface area contributed by atoms with Gasteiger partial charge in [-0.15, -0.1) is 10.2 Å². The summed E-state index contributed by atoms with van der Waals surface area (Å²) >= 11 is 0. The summed E-state index contributed by atoms with van der Waals surface area (Å²) in [4.78, 5) is 0. The molecule has 0 radical (unpaired) electrons. The Kier molecular flexibility index (Phi) is 3.46. The number of fused-ring (bicyclic) bond motifs is 1. The van der Waals surface area contributed by atoms with E-state index in [-0.39, 0.29) is 12.4 Å². The van der Waals surface area contributed by atoms with E-state index >= 15 is 0 Å². The molecule has 0 aliphatic heterocycles. The van der Waals surface area contributed by atoms with Crippen LogP contribution < -0.4 is 5.32 Å². The normalized spacial score (nSPS) is 10.1. The van der Waals surface area contributed by atoms with Gasteiger partial charge in [0.25, 0.3) is 0 Å². The summed E-state index contributed by atoms with van der Waals surface area (Å²) in [7, 11) is 0. The Hall–Kier alpha value is -2.22. The molecule has 1 aromatic heterocycles. The molecule has 1 heterocycles. The van der Waals surface area contributed by atoms with Crippen LogP contribution in [0.5, 0.6) is 0 Å². The van der Waals surface area contributed by atoms with Crippen LogP contribution in [0, 0.1) is 11.3 Å². The highest BCUT2D eigenvalue weighted by Gasteiger charge is 2.09. The second kappa shape index (κ2) is 5.21. The first kappa shape index (κ1) is 11.3. The van der Waals surface area contributed by atoms with Gasteiger partial charge in [-0.05, 0) is 12.5 Å². The number of aromatic nitrogens is 2. The molecule has 1 aromatic carbocycles. The number of halogens is 1. The summed E-state index contributed by atoms with van der Waals surface area (Å²) in [6.45, 7) is 0.0895. The largest absolute Gasteiger partial charge is 0.382 e. The molecule has 2 rings (SSSR count). The Morgan fingerprint density at radius 1 is 1.29 bits per heavy atom. The first-order chi connectivity index (χ1) is 8.36. The Labute approximate surface area is 98.1 Å². The molecular formula is C12H11FN4. The number of nitrogens with one attached hydrogen (secondary N) is 1. The van der Waals surface area contributed by atoms with E-state index in [4.69, 9.17) is 5.26 Å². The minimum atomic E-state index is -0.384. The fraction of sp³-hybridized carbons (Fsp3) is 0.250. The summed E-state index contributed by atoms with van der Waals surface area (Å²) in [6, 6.07) is 9.39. The predicted octanol–water partition coefficient (Wildman–Crippen LogP) is 2.27. The number of anilines is 1. The van der Waals surface area contributed by atoms with Crippen molar-refractivity contribution in [1.82, 2.24) is 10.2 Å². The zero-order chi connectivity index (χ0) is 12.1. The number of benzene rings is 1. The lowest BCUT2D eigenvalue weighted by Gasteiger charge is -2.09. The molecule has 2 aromatic rings. The number of hydrogen-bond donors (Lipinski definition) is 1. The molecule has 4 nitrogen and oxygen atoms in total. The van der Waals surface area contributed by atoms with Crippen LogP contribution in [-0.4, -0.2) is 23.4 Å². The summed E-state index contributed by atoms with van der Waals surface area (Å²) < 4.78 is 12.1. The summed E-state index contributed by atoms with van der Waals surface area (Å²) in [6.07, 6.45) is 0.404. The zero-order valence-electron chi connectivity index (χ0n) is 9.15. The number of rotatable bonds is 4. The maximum atomic E-state index is 12.1.